The fraction of sp³-hybridized carbons (Fsp3) is 0.231. The van der Waals surface area contributed by atoms with E-state index in [1.807, 2.05) is 31.2 Å². The lowest BCUT2D eigenvalue weighted by atomic mass is 10.1. The van der Waals surface area contributed by atoms with Crippen molar-refractivity contribution in [3.63, 3.8) is 0 Å². The number of benzene rings is 3. The van der Waals surface area contributed by atoms with Crippen molar-refractivity contribution in [2.45, 2.75) is 31.7 Å². The van der Waals surface area contributed by atoms with Crippen LogP contribution in [0.1, 0.15) is 23.6 Å². The molecule has 0 radical (unpaired) electrons. The van der Waals surface area contributed by atoms with Gasteiger partial charge in [0, 0.05) is 16.7 Å². The van der Waals surface area contributed by atoms with Crippen LogP contribution in [0.25, 0.3) is 0 Å². The third-order valence-electron chi connectivity index (χ3n) is 5.14. The zero-order chi connectivity index (χ0) is 25.4. The summed E-state index contributed by atoms with van der Waals surface area (Å²) in [5.74, 6) is -0.801. The number of rotatable bonds is 10. The first-order valence-corrected chi connectivity index (χ1v) is 13.3. The van der Waals surface area contributed by atoms with Crippen LogP contribution < -0.4 is 5.32 Å². The number of hydrogen-bond acceptors (Lipinski definition) is 5. The quantitative estimate of drug-likeness (QED) is 0.364. The fourth-order valence-corrected chi connectivity index (χ4v) is 4.97. The van der Waals surface area contributed by atoms with Gasteiger partial charge in [-0.25, -0.2) is 8.42 Å². The van der Waals surface area contributed by atoms with Gasteiger partial charge in [-0.15, -0.1) is 0 Å². The Bertz CT molecular complexity index is 1260. The lowest BCUT2D eigenvalue weighted by molar-refractivity contribution is -0.142. The maximum absolute atomic E-state index is 13.4. The van der Waals surface area contributed by atoms with E-state index in [9.17, 15) is 18.0 Å². The number of nitrogens with one attached hydrogen (secondary N) is 1. The van der Waals surface area contributed by atoms with E-state index in [4.69, 9.17) is 4.74 Å². The van der Waals surface area contributed by atoms with Gasteiger partial charge >= 0.3 is 5.97 Å². The molecule has 0 atom stereocenters. The molecular weight excluding hydrogens is 532 g/mol. The average Bonchev–Trinajstić information content (AvgIpc) is 2.82. The largest absolute Gasteiger partial charge is 0.466 e. The normalized spacial score (nSPS) is 11.3. The van der Waals surface area contributed by atoms with Crippen LogP contribution >= 0.6 is 15.9 Å². The lowest BCUT2D eigenvalue weighted by Crippen LogP contribution is -2.37. The number of carbonyl (C=O) groups excluding carboxylic acids is 2. The van der Waals surface area contributed by atoms with Crippen LogP contribution in [0.5, 0.6) is 0 Å². The number of nitrogens with zero attached hydrogens (tertiary/aromatic N) is 1. The maximum Gasteiger partial charge on any atom is 0.310 e. The molecule has 3 aromatic carbocycles. The van der Waals surface area contributed by atoms with Gasteiger partial charge in [0.2, 0.25) is 15.9 Å². The average molecular weight is 559 g/mol. The first kappa shape index (κ1) is 26.6. The Balaban J connectivity index is 1.76. The summed E-state index contributed by atoms with van der Waals surface area (Å²) < 4.78 is 33.6. The van der Waals surface area contributed by atoms with Crippen LogP contribution in [-0.4, -0.2) is 37.8 Å². The zero-order valence-electron chi connectivity index (χ0n) is 19.5. The highest BCUT2D eigenvalue weighted by atomic mass is 79.9. The number of ether oxygens (including phenoxy) is 1. The van der Waals surface area contributed by atoms with Gasteiger partial charge in [0.25, 0.3) is 0 Å². The van der Waals surface area contributed by atoms with E-state index in [0.717, 1.165) is 25.5 Å². The first-order valence-electron chi connectivity index (χ1n) is 11.0. The molecule has 184 valence electrons. The van der Waals surface area contributed by atoms with Crippen LogP contribution in [0.15, 0.2) is 82.2 Å². The highest BCUT2D eigenvalue weighted by molar-refractivity contribution is 9.10. The van der Waals surface area contributed by atoms with Crippen LogP contribution in [0.3, 0.4) is 0 Å². The van der Waals surface area contributed by atoms with Gasteiger partial charge in [-0.05, 0) is 61.4 Å². The van der Waals surface area contributed by atoms with E-state index in [1.165, 1.54) is 12.1 Å². The van der Waals surface area contributed by atoms with Crippen molar-refractivity contribution in [1.82, 2.24) is 4.31 Å². The van der Waals surface area contributed by atoms with Gasteiger partial charge in [-0.3, -0.25) is 9.59 Å². The van der Waals surface area contributed by atoms with Crippen molar-refractivity contribution in [3.8, 4) is 0 Å². The SMILES string of the molecule is CCOC(=O)Cc1ccc(NC(=O)CN(Cc2ccc(C)cc2)S(=O)(=O)c2ccc(Br)cc2)cc1. The van der Waals surface area contributed by atoms with Gasteiger partial charge < -0.3 is 10.1 Å². The molecule has 0 heterocycles. The molecule has 1 N–H and O–H groups in total. The Hall–Kier alpha value is -3.01. The first-order chi connectivity index (χ1) is 16.7. The minimum absolute atomic E-state index is 0.0462. The molecule has 0 saturated heterocycles. The van der Waals surface area contributed by atoms with E-state index in [0.29, 0.717) is 12.3 Å². The number of sulfonamides is 1. The van der Waals surface area contributed by atoms with E-state index in [1.54, 1.807) is 43.3 Å². The number of aryl methyl sites for hydroxylation is 1. The van der Waals surface area contributed by atoms with E-state index >= 15 is 0 Å². The minimum atomic E-state index is -3.94. The highest BCUT2D eigenvalue weighted by Crippen LogP contribution is 2.21. The summed E-state index contributed by atoms with van der Waals surface area (Å²) in [6.07, 6.45) is 0.137. The molecular formula is C26H27BrN2O5S. The van der Waals surface area contributed by atoms with Crippen molar-refractivity contribution in [2.75, 3.05) is 18.5 Å². The molecule has 3 rings (SSSR count). The van der Waals surface area contributed by atoms with Gasteiger partial charge in [-0.1, -0.05) is 57.9 Å². The third-order valence-corrected chi connectivity index (χ3v) is 7.48. The van der Waals surface area contributed by atoms with E-state index in [-0.39, 0.29) is 30.4 Å². The molecule has 3 aromatic rings. The molecule has 0 fully saturated rings. The number of halogens is 1. The highest BCUT2D eigenvalue weighted by Gasteiger charge is 2.27. The second-order valence-corrected chi connectivity index (χ2v) is 10.8. The van der Waals surface area contributed by atoms with E-state index < -0.39 is 15.9 Å². The van der Waals surface area contributed by atoms with Crippen LogP contribution in [0.2, 0.25) is 0 Å². The molecule has 1 amide bonds. The standard InChI is InChI=1S/C26H27BrN2O5S/c1-3-34-26(31)16-20-8-12-23(13-9-20)28-25(30)18-29(17-21-6-4-19(2)5-7-21)35(32,33)24-14-10-22(27)11-15-24/h4-15H,3,16-18H2,1-2H3,(H,28,30). The minimum Gasteiger partial charge on any atom is -0.466 e. The zero-order valence-corrected chi connectivity index (χ0v) is 21.9. The molecule has 0 aliphatic rings. The van der Waals surface area contributed by atoms with Crippen molar-refractivity contribution >= 4 is 43.5 Å². The molecule has 0 bridgehead atoms. The van der Waals surface area contributed by atoms with Crippen molar-refractivity contribution in [1.29, 1.82) is 0 Å². The molecule has 0 aromatic heterocycles. The molecule has 0 aliphatic heterocycles. The summed E-state index contributed by atoms with van der Waals surface area (Å²) in [5, 5.41) is 2.74. The number of carbonyl (C=O) groups is 2. The van der Waals surface area contributed by atoms with Gasteiger partial charge in [0.05, 0.1) is 24.5 Å². The van der Waals surface area contributed by atoms with Crippen LogP contribution in [-0.2, 0) is 37.3 Å². The van der Waals surface area contributed by atoms with Crippen molar-refractivity contribution in [2.24, 2.45) is 0 Å². The number of amides is 1. The summed E-state index contributed by atoms with van der Waals surface area (Å²) in [5.41, 5.74) is 3.08. The molecule has 0 saturated carbocycles. The van der Waals surface area contributed by atoms with Crippen LogP contribution in [0, 0.1) is 6.92 Å². The Morgan fingerprint density at radius 2 is 1.51 bits per heavy atom. The predicted molar refractivity (Wildman–Crippen MR) is 138 cm³/mol. The molecule has 0 unspecified atom stereocenters. The Morgan fingerprint density at radius 3 is 2.11 bits per heavy atom. The molecule has 0 spiro atoms. The Morgan fingerprint density at radius 1 is 0.914 bits per heavy atom. The van der Waals surface area contributed by atoms with E-state index in [2.05, 4.69) is 21.2 Å². The monoisotopic (exact) mass is 558 g/mol. The number of anilines is 1. The van der Waals surface area contributed by atoms with Crippen LogP contribution in [0.4, 0.5) is 5.69 Å². The predicted octanol–water partition coefficient (Wildman–Crippen LogP) is 4.69. The molecule has 35 heavy (non-hydrogen) atoms. The van der Waals surface area contributed by atoms with Crippen molar-refractivity contribution < 1.29 is 22.7 Å². The lowest BCUT2D eigenvalue weighted by Gasteiger charge is -2.22. The Kier molecular flexibility index (Phi) is 9.20. The fourth-order valence-electron chi connectivity index (χ4n) is 3.32. The smallest absolute Gasteiger partial charge is 0.310 e. The summed E-state index contributed by atoms with van der Waals surface area (Å²) in [6, 6.07) is 20.6. The van der Waals surface area contributed by atoms with Gasteiger partial charge in [0.15, 0.2) is 0 Å². The summed E-state index contributed by atoms with van der Waals surface area (Å²) >= 11 is 3.31. The van der Waals surface area contributed by atoms with Gasteiger partial charge in [0.1, 0.15) is 0 Å². The molecule has 9 heteroatoms. The summed E-state index contributed by atoms with van der Waals surface area (Å²) in [4.78, 5) is 24.6. The number of esters is 1. The number of hydrogen-bond donors (Lipinski definition) is 1. The summed E-state index contributed by atoms with van der Waals surface area (Å²) in [7, 11) is -3.94. The second kappa shape index (κ2) is 12.1. The maximum atomic E-state index is 13.4. The second-order valence-electron chi connectivity index (χ2n) is 7.94. The van der Waals surface area contributed by atoms with Crippen molar-refractivity contribution in [3.05, 3.63) is 94.0 Å². The third kappa shape index (κ3) is 7.74. The summed E-state index contributed by atoms with van der Waals surface area (Å²) in [6.45, 7) is 3.69. The molecule has 0 aliphatic carbocycles. The Labute approximate surface area is 214 Å². The molecule has 7 nitrogen and oxygen atoms in total. The topological polar surface area (TPSA) is 92.8 Å². The van der Waals surface area contributed by atoms with Gasteiger partial charge in [-0.2, -0.15) is 4.31 Å².